The summed E-state index contributed by atoms with van der Waals surface area (Å²) in [6.07, 6.45) is 1.15. The van der Waals surface area contributed by atoms with E-state index in [2.05, 4.69) is 58.5 Å². The average molecular weight is 363 g/mol. The zero-order valence-electron chi connectivity index (χ0n) is 16.7. The highest BCUT2D eigenvalue weighted by Crippen LogP contribution is 2.17. The van der Waals surface area contributed by atoms with Crippen LogP contribution in [0.5, 0.6) is 0 Å². The first-order chi connectivity index (χ1) is 12.6. The zero-order chi connectivity index (χ0) is 18.8. The summed E-state index contributed by atoms with van der Waals surface area (Å²) in [7, 11) is 7.73. The zero-order valence-corrected chi connectivity index (χ0v) is 16.7. The highest BCUT2D eigenvalue weighted by Gasteiger charge is 2.24. The summed E-state index contributed by atoms with van der Waals surface area (Å²) in [5, 5.41) is 3.49. The van der Waals surface area contributed by atoms with Crippen LogP contribution in [0.2, 0.25) is 0 Å². The monoisotopic (exact) mass is 362 g/mol. The summed E-state index contributed by atoms with van der Waals surface area (Å²) in [5.74, 6) is 1.54. The summed E-state index contributed by atoms with van der Waals surface area (Å²) >= 11 is 0. The maximum atomic E-state index is 5.67. The van der Waals surface area contributed by atoms with Crippen LogP contribution in [0.4, 0.5) is 0 Å². The van der Waals surface area contributed by atoms with Gasteiger partial charge in [-0.2, -0.15) is 0 Å². The summed E-state index contributed by atoms with van der Waals surface area (Å²) in [4.78, 5) is 8.95. The number of benzene rings is 1. The van der Waals surface area contributed by atoms with Crippen LogP contribution in [0, 0.1) is 5.92 Å². The summed E-state index contributed by atoms with van der Waals surface area (Å²) in [5.41, 5.74) is 2.60. The third kappa shape index (κ3) is 6.94. The quantitative estimate of drug-likeness (QED) is 0.412. The lowest BCUT2D eigenvalue weighted by Gasteiger charge is -2.22. The van der Waals surface area contributed by atoms with Crippen molar-refractivity contribution in [3.63, 3.8) is 0 Å². The molecule has 0 radical (unpaired) electrons. The van der Waals surface area contributed by atoms with Gasteiger partial charge in [0.05, 0.1) is 19.8 Å². The van der Waals surface area contributed by atoms with Crippen LogP contribution >= 0.6 is 0 Å². The van der Waals surface area contributed by atoms with Crippen molar-refractivity contribution < 1.29 is 9.47 Å². The van der Waals surface area contributed by atoms with E-state index in [-0.39, 0.29) is 0 Å². The Morgan fingerprint density at radius 3 is 2.62 bits per heavy atom. The number of nitrogens with one attached hydrogen (secondary N) is 1. The van der Waals surface area contributed by atoms with Crippen LogP contribution in [0.3, 0.4) is 0 Å². The minimum absolute atomic E-state index is 0.565. The molecule has 1 atom stereocenters. The Kier molecular flexibility index (Phi) is 8.88. The molecule has 2 rings (SSSR count). The fraction of sp³-hybridized carbons (Fsp3) is 0.650. The van der Waals surface area contributed by atoms with Crippen LogP contribution in [0.25, 0.3) is 0 Å². The van der Waals surface area contributed by atoms with E-state index in [0.717, 1.165) is 45.2 Å². The first-order valence-corrected chi connectivity index (χ1v) is 9.37. The fourth-order valence-corrected chi connectivity index (χ4v) is 3.19. The van der Waals surface area contributed by atoms with Crippen molar-refractivity contribution in [1.82, 2.24) is 15.1 Å². The van der Waals surface area contributed by atoms with E-state index >= 15 is 0 Å². The first-order valence-electron chi connectivity index (χ1n) is 9.37. The Hall–Kier alpha value is -1.63. The molecule has 6 nitrogen and oxygen atoms in total. The van der Waals surface area contributed by atoms with Crippen LogP contribution in [-0.4, -0.2) is 76.9 Å². The molecular weight excluding hydrogens is 328 g/mol. The third-order valence-corrected chi connectivity index (χ3v) is 4.55. The number of hydrogen-bond donors (Lipinski definition) is 1. The Morgan fingerprint density at radius 1 is 1.23 bits per heavy atom. The lowest BCUT2D eigenvalue weighted by Crippen LogP contribution is -2.39. The largest absolute Gasteiger partial charge is 0.382 e. The molecule has 6 heteroatoms. The predicted octanol–water partition coefficient (Wildman–Crippen LogP) is 1.81. The smallest absolute Gasteiger partial charge is 0.193 e. The van der Waals surface area contributed by atoms with E-state index in [9.17, 15) is 0 Å². The molecule has 0 aromatic heterocycles. The number of ether oxygens (including phenoxy) is 2. The maximum absolute atomic E-state index is 5.67. The maximum Gasteiger partial charge on any atom is 0.193 e. The second kappa shape index (κ2) is 11.2. The molecule has 1 unspecified atom stereocenters. The molecule has 1 aliphatic heterocycles. The van der Waals surface area contributed by atoms with Gasteiger partial charge in [-0.1, -0.05) is 24.3 Å². The summed E-state index contributed by atoms with van der Waals surface area (Å²) < 4.78 is 10.7. The van der Waals surface area contributed by atoms with Gasteiger partial charge < -0.3 is 24.6 Å². The van der Waals surface area contributed by atoms with Gasteiger partial charge in [0.2, 0.25) is 0 Å². The second-order valence-electron chi connectivity index (χ2n) is 7.12. The van der Waals surface area contributed by atoms with Crippen molar-refractivity contribution >= 4 is 5.96 Å². The van der Waals surface area contributed by atoms with Gasteiger partial charge in [0.1, 0.15) is 0 Å². The molecule has 0 aliphatic carbocycles. The standard InChI is InChI=1S/C20H34N4O2/c1-21-20(24-10-9-19(15-24)16-26-12-11-25-4)22-13-17-5-7-18(8-6-17)14-23(2)3/h5-8,19H,9-16H2,1-4H3,(H,21,22). The molecule has 0 amide bonds. The molecule has 1 fully saturated rings. The van der Waals surface area contributed by atoms with Gasteiger partial charge >= 0.3 is 0 Å². The summed E-state index contributed by atoms with van der Waals surface area (Å²) in [6, 6.07) is 8.77. The van der Waals surface area contributed by atoms with Gasteiger partial charge in [0.25, 0.3) is 0 Å². The van der Waals surface area contributed by atoms with Crippen molar-refractivity contribution in [3.8, 4) is 0 Å². The summed E-state index contributed by atoms with van der Waals surface area (Å²) in [6.45, 7) is 5.91. The molecule has 1 aliphatic rings. The lowest BCUT2D eigenvalue weighted by atomic mass is 10.1. The minimum atomic E-state index is 0.565. The molecule has 1 aromatic carbocycles. The number of hydrogen-bond acceptors (Lipinski definition) is 4. The van der Waals surface area contributed by atoms with Gasteiger partial charge in [-0.25, -0.2) is 0 Å². The molecule has 0 spiro atoms. The molecule has 1 aromatic rings. The van der Waals surface area contributed by atoms with E-state index in [1.807, 2.05) is 7.05 Å². The number of guanidine groups is 1. The molecular formula is C20H34N4O2. The molecule has 1 N–H and O–H groups in total. The van der Waals surface area contributed by atoms with E-state index in [1.165, 1.54) is 11.1 Å². The van der Waals surface area contributed by atoms with Crippen molar-refractivity contribution in [1.29, 1.82) is 0 Å². The van der Waals surface area contributed by atoms with Crippen LogP contribution in [0.1, 0.15) is 17.5 Å². The van der Waals surface area contributed by atoms with Gasteiger partial charge in [-0.15, -0.1) is 0 Å². The molecule has 26 heavy (non-hydrogen) atoms. The number of likely N-dealkylation sites (tertiary alicyclic amines) is 1. The van der Waals surface area contributed by atoms with Crippen LogP contribution < -0.4 is 5.32 Å². The van der Waals surface area contributed by atoms with E-state index in [1.54, 1.807) is 7.11 Å². The molecule has 1 saturated heterocycles. The van der Waals surface area contributed by atoms with Crippen molar-refractivity contribution in [3.05, 3.63) is 35.4 Å². The highest BCUT2D eigenvalue weighted by atomic mass is 16.5. The Labute approximate surface area is 158 Å². The van der Waals surface area contributed by atoms with E-state index in [0.29, 0.717) is 19.1 Å². The Morgan fingerprint density at radius 2 is 1.96 bits per heavy atom. The van der Waals surface area contributed by atoms with Crippen molar-refractivity contribution in [2.24, 2.45) is 10.9 Å². The SMILES string of the molecule is CN=C(NCc1ccc(CN(C)C)cc1)N1CCC(COCCOC)C1. The first kappa shape index (κ1) is 20.7. The molecule has 0 bridgehead atoms. The Balaban J connectivity index is 1.75. The topological polar surface area (TPSA) is 49.3 Å². The molecule has 1 heterocycles. The molecule has 146 valence electrons. The lowest BCUT2D eigenvalue weighted by molar-refractivity contribution is 0.0536. The third-order valence-electron chi connectivity index (χ3n) is 4.55. The number of nitrogens with zero attached hydrogens (tertiary/aromatic N) is 3. The predicted molar refractivity (Wildman–Crippen MR) is 106 cm³/mol. The average Bonchev–Trinajstić information content (AvgIpc) is 3.09. The van der Waals surface area contributed by atoms with Gasteiger partial charge in [-0.05, 0) is 31.6 Å². The van der Waals surface area contributed by atoms with Gasteiger partial charge in [0, 0.05) is 46.3 Å². The van der Waals surface area contributed by atoms with Crippen molar-refractivity contribution in [2.75, 3.05) is 61.2 Å². The fourth-order valence-electron chi connectivity index (χ4n) is 3.19. The Bertz CT molecular complexity index is 545. The number of rotatable bonds is 9. The van der Waals surface area contributed by atoms with Gasteiger partial charge in [-0.3, -0.25) is 4.99 Å². The number of methoxy groups -OCH3 is 1. The normalized spacial score (nSPS) is 18.0. The van der Waals surface area contributed by atoms with Crippen LogP contribution in [0.15, 0.2) is 29.3 Å². The van der Waals surface area contributed by atoms with Crippen LogP contribution in [-0.2, 0) is 22.6 Å². The van der Waals surface area contributed by atoms with E-state index in [4.69, 9.17) is 9.47 Å². The number of aliphatic imine (C=N–C) groups is 1. The second-order valence-corrected chi connectivity index (χ2v) is 7.12. The van der Waals surface area contributed by atoms with Crippen molar-refractivity contribution in [2.45, 2.75) is 19.5 Å². The molecule has 0 saturated carbocycles. The van der Waals surface area contributed by atoms with E-state index < -0.39 is 0 Å². The highest BCUT2D eigenvalue weighted by molar-refractivity contribution is 5.80. The minimum Gasteiger partial charge on any atom is -0.382 e. The van der Waals surface area contributed by atoms with Gasteiger partial charge in [0.15, 0.2) is 5.96 Å².